The molecule has 2 saturated heterocycles. The first kappa shape index (κ1) is 20.5. The summed E-state index contributed by atoms with van der Waals surface area (Å²) in [6, 6.07) is 7.11. The molecule has 8 heteroatoms. The van der Waals surface area contributed by atoms with E-state index < -0.39 is 0 Å². The summed E-state index contributed by atoms with van der Waals surface area (Å²) in [5.74, 6) is 0.339. The largest absolute Gasteiger partial charge is 0.339 e. The van der Waals surface area contributed by atoms with Gasteiger partial charge in [0.05, 0.1) is 22.8 Å². The molecule has 0 spiro atoms. The number of hydrogen-bond donors (Lipinski definition) is 1. The van der Waals surface area contributed by atoms with E-state index in [1.807, 2.05) is 16.0 Å². The molecule has 2 fully saturated rings. The molecule has 1 N–H and O–H groups in total. The molecule has 0 saturated carbocycles. The van der Waals surface area contributed by atoms with Gasteiger partial charge >= 0.3 is 0 Å². The summed E-state index contributed by atoms with van der Waals surface area (Å²) in [7, 11) is 0. The van der Waals surface area contributed by atoms with Gasteiger partial charge in [0.15, 0.2) is 0 Å². The molecule has 0 aliphatic carbocycles. The fraction of sp³-hybridized carbons (Fsp3) is 0.417. The van der Waals surface area contributed by atoms with E-state index in [0.29, 0.717) is 30.1 Å². The van der Waals surface area contributed by atoms with Gasteiger partial charge in [-0.3, -0.25) is 14.4 Å². The van der Waals surface area contributed by atoms with Gasteiger partial charge in [0.1, 0.15) is 0 Å². The minimum absolute atomic E-state index is 0.0552. The highest BCUT2D eigenvalue weighted by Gasteiger charge is 2.26. The van der Waals surface area contributed by atoms with Crippen molar-refractivity contribution in [2.24, 2.45) is 0 Å². The first-order valence-electron chi connectivity index (χ1n) is 11.3. The number of pyridine rings is 2. The van der Waals surface area contributed by atoms with E-state index in [1.54, 1.807) is 16.8 Å². The Morgan fingerprint density at radius 1 is 0.938 bits per heavy atom. The number of rotatable bonds is 3. The molecule has 0 radical (unpaired) electrons. The minimum atomic E-state index is -0.214. The third-order valence-corrected chi connectivity index (χ3v) is 6.70. The number of piperidine rings is 2. The summed E-state index contributed by atoms with van der Waals surface area (Å²) < 4.78 is 1.77. The van der Waals surface area contributed by atoms with Crippen molar-refractivity contribution in [3.8, 4) is 0 Å². The van der Waals surface area contributed by atoms with Crippen LogP contribution in [0.4, 0.5) is 0 Å². The molecular weight excluding hydrogens is 406 g/mol. The van der Waals surface area contributed by atoms with Gasteiger partial charge < -0.3 is 14.8 Å². The maximum atomic E-state index is 13.0. The van der Waals surface area contributed by atoms with Crippen LogP contribution in [0, 0.1) is 0 Å². The van der Waals surface area contributed by atoms with E-state index in [4.69, 9.17) is 0 Å². The summed E-state index contributed by atoms with van der Waals surface area (Å²) in [6.45, 7) is 2.95. The molecule has 5 heterocycles. The van der Waals surface area contributed by atoms with Crippen LogP contribution in [0.15, 0.2) is 47.7 Å². The number of hydrogen-bond acceptors (Lipinski definition) is 4. The zero-order valence-corrected chi connectivity index (χ0v) is 18.0. The van der Waals surface area contributed by atoms with Crippen molar-refractivity contribution in [2.75, 3.05) is 26.2 Å². The van der Waals surface area contributed by atoms with E-state index in [9.17, 15) is 14.4 Å². The molecule has 2 aliphatic rings. The quantitative estimate of drug-likeness (QED) is 0.688. The lowest BCUT2D eigenvalue weighted by atomic mass is 9.89. The van der Waals surface area contributed by atoms with E-state index >= 15 is 0 Å². The lowest BCUT2D eigenvalue weighted by Gasteiger charge is -2.32. The average Bonchev–Trinajstić information content (AvgIpc) is 3.27. The fourth-order valence-electron chi connectivity index (χ4n) is 4.83. The van der Waals surface area contributed by atoms with Crippen LogP contribution >= 0.6 is 0 Å². The summed E-state index contributed by atoms with van der Waals surface area (Å²) in [5, 5.41) is 4.39. The van der Waals surface area contributed by atoms with E-state index in [-0.39, 0.29) is 17.4 Å². The van der Waals surface area contributed by atoms with Gasteiger partial charge in [0.25, 0.3) is 11.8 Å². The number of nitrogens with zero attached hydrogens (tertiary/aromatic N) is 4. The highest BCUT2D eigenvalue weighted by molar-refractivity contribution is 6.00. The molecule has 2 aliphatic heterocycles. The molecule has 32 heavy (non-hydrogen) atoms. The Kier molecular flexibility index (Phi) is 5.51. The van der Waals surface area contributed by atoms with Crippen LogP contribution in [0.25, 0.3) is 5.52 Å². The second-order valence-corrected chi connectivity index (χ2v) is 8.71. The van der Waals surface area contributed by atoms with Crippen molar-refractivity contribution in [2.45, 2.75) is 38.0 Å². The Balaban J connectivity index is 1.30. The van der Waals surface area contributed by atoms with Crippen molar-refractivity contribution in [3.05, 3.63) is 69.9 Å². The van der Waals surface area contributed by atoms with E-state index in [2.05, 4.69) is 22.2 Å². The van der Waals surface area contributed by atoms with Crippen LogP contribution in [0.3, 0.4) is 0 Å². The molecule has 8 nitrogen and oxygen atoms in total. The number of aromatic nitrogens is 3. The standard InChI is InChI=1S/C24H27N5O3/c30-22-5-4-19(15-25-22)23(31)28-11-6-17(7-12-28)18-8-13-29-21(14-18)20(16-26-29)24(32)27-9-2-1-3-10-27/h4-5,8,13-17H,1-3,6-7,9-12H2,(H,25,30). The average molecular weight is 434 g/mol. The number of likely N-dealkylation sites (tertiary alicyclic amines) is 2. The van der Waals surface area contributed by atoms with Crippen molar-refractivity contribution < 1.29 is 9.59 Å². The van der Waals surface area contributed by atoms with E-state index in [1.165, 1.54) is 24.2 Å². The molecule has 5 rings (SSSR count). The summed E-state index contributed by atoms with van der Waals surface area (Å²) in [6.07, 6.45) is 10.1. The summed E-state index contributed by atoms with van der Waals surface area (Å²) in [5.41, 5.74) is 2.99. The number of carbonyl (C=O) groups is 2. The molecule has 0 unspecified atom stereocenters. The first-order valence-corrected chi connectivity index (χ1v) is 11.3. The maximum absolute atomic E-state index is 13.0. The third-order valence-electron chi connectivity index (χ3n) is 6.70. The lowest BCUT2D eigenvalue weighted by Crippen LogP contribution is -2.38. The van der Waals surface area contributed by atoms with Crippen LogP contribution < -0.4 is 5.56 Å². The predicted molar refractivity (Wildman–Crippen MR) is 120 cm³/mol. The Hall–Kier alpha value is -3.42. The van der Waals surface area contributed by atoms with Gasteiger partial charge in [-0.05, 0) is 61.8 Å². The zero-order chi connectivity index (χ0) is 22.1. The van der Waals surface area contributed by atoms with Gasteiger partial charge in [-0.25, -0.2) is 4.52 Å². The SMILES string of the molecule is O=C(c1ccc(=O)[nH]c1)N1CCC(c2ccn3ncc(C(=O)N4CCCCC4)c3c2)CC1. The maximum Gasteiger partial charge on any atom is 0.257 e. The topological polar surface area (TPSA) is 90.8 Å². The van der Waals surface area contributed by atoms with E-state index in [0.717, 1.165) is 44.3 Å². The molecule has 0 bridgehead atoms. The van der Waals surface area contributed by atoms with Crippen molar-refractivity contribution in [1.82, 2.24) is 24.4 Å². The molecular formula is C24H27N5O3. The fourth-order valence-corrected chi connectivity index (χ4v) is 4.83. The number of nitrogens with one attached hydrogen (secondary N) is 1. The third kappa shape index (κ3) is 3.92. The van der Waals surface area contributed by atoms with Crippen molar-refractivity contribution >= 4 is 17.3 Å². The second-order valence-electron chi connectivity index (χ2n) is 8.71. The highest BCUT2D eigenvalue weighted by Crippen LogP contribution is 2.30. The number of aromatic amines is 1. The van der Waals surface area contributed by atoms with Crippen LogP contribution in [0.5, 0.6) is 0 Å². The highest BCUT2D eigenvalue weighted by atomic mass is 16.2. The van der Waals surface area contributed by atoms with Crippen molar-refractivity contribution in [1.29, 1.82) is 0 Å². The number of amides is 2. The normalized spacial score (nSPS) is 17.6. The molecule has 3 aromatic heterocycles. The predicted octanol–water partition coefficient (Wildman–Crippen LogP) is 2.67. The molecule has 0 atom stereocenters. The lowest BCUT2D eigenvalue weighted by molar-refractivity contribution is 0.0708. The van der Waals surface area contributed by atoms with Gasteiger partial charge in [-0.15, -0.1) is 0 Å². The number of H-pyrrole nitrogens is 1. The van der Waals surface area contributed by atoms with Crippen LogP contribution in [0.2, 0.25) is 0 Å². The van der Waals surface area contributed by atoms with Gasteiger partial charge in [-0.1, -0.05) is 0 Å². The first-order chi connectivity index (χ1) is 15.6. The summed E-state index contributed by atoms with van der Waals surface area (Å²) >= 11 is 0. The monoisotopic (exact) mass is 433 g/mol. The minimum Gasteiger partial charge on any atom is -0.339 e. The van der Waals surface area contributed by atoms with Crippen LogP contribution in [-0.2, 0) is 0 Å². The molecule has 2 amide bonds. The zero-order valence-electron chi connectivity index (χ0n) is 18.0. The van der Waals surface area contributed by atoms with Gasteiger partial charge in [0, 0.05) is 44.6 Å². The second kappa shape index (κ2) is 8.61. The smallest absolute Gasteiger partial charge is 0.257 e. The number of carbonyl (C=O) groups excluding carboxylic acids is 2. The Morgan fingerprint density at radius 2 is 1.69 bits per heavy atom. The molecule has 3 aromatic rings. The van der Waals surface area contributed by atoms with Crippen LogP contribution in [-0.4, -0.2) is 62.4 Å². The van der Waals surface area contributed by atoms with Crippen LogP contribution in [0.1, 0.15) is 64.3 Å². The van der Waals surface area contributed by atoms with Gasteiger partial charge in [-0.2, -0.15) is 5.10 Å². The Bertz CT molecular complexity index is 1180. The Morgan fingerprint density at radius 3 is 2.41 bits per heavy atom. The Labute approximate surface area is 185 Å². The summed E-state index contributed by atoms with van der Waals surface area (Å²) in [4.78, 5) is 43.3. The number of fused-ring (bicyclic) bond motifs is 1. The molecule has 0 aromatic carbocycles. The van der Waals surface area contributed by atoms with Crippen molar-refractivity contribution in [3.63, 3.8) is 0 Å². The van der Waals surface area contributed by atoms with Gasteiger partial charge in [0.2, 0.25) is 5.56 Å². The molecule has 166 valence electrons.